The molecule has 0 aliphatic heterocycles. The smallest absolute Gasteiger partial charge is 0.0999 e. The average Bonchev–Trinajstić information content (AvgIpc) is 3.23. The third kappa shape index (κ3) is 3.17. The Bertz CT molecular complexity index is 1630. The Kier molecular flexibility index (Phi) is 4.49. The van der Waals surface area contributed by atoms with Crippen LogP contribution in [0, 0.1) is 11.3 Å². The van der Waals surface area contributed by atoms with Gasteiger partial charge in [0, 0.05) is 34.4 Å². The molecule has 0 amide bonds. The number of para-hydroxylation sites is 2. The average molecular weight is 422 g/mol. The summed E-state index contributed by atoms with van der Waals surface area (Å²) in [5.41, 5.74) is 8.19. The summed E-state index contributed by atoms with van der Waals surface area (Å²) in [6.45, 7) is 0. The minimum absolute atomic E-state index is 0.626. The van der Waals surface area contributed by atoms with E-state index < -0.39 is 0 Å². The first-order valence-electron chi connectivity index (χ1n) is 10.9. The summed E-state index contributed by atoms with van der Waals surface area (Å²) >= 11 is 0. The molecule has 2 aromatic heterocycles. The lowest BCUT2D eigenvalue weighted by Crippen LogP contribution is -1.94. The summed E-state index contributed by atoms with van der Waals surface area (Å²) in [4.78, 5) is 4.22. The van der Waals surface area contributed by atoms with Gasteiger partial charge in [-0.25, -0.2) is 0 Å². The Labute approximate surface area is 191 Å². The summed E-state index contributed by atoms with van der Waals surface area (Å²) in [6, 6.07) is 38.0. The highest BCUT2D eigenvalue weighted by Gasteiger charge is 2.12. The highest BCUT2D eigenvalue weighted by Crippen LogP contribution is 2.34. The van der Waals surface area contributed by atoms with Gasteiger partial charge in [-0.2, -0.15) is 5.26 Å². The molecule has 0 spiro atoms. The molecule has 0 aliphatic rings. The van der Waals surface area contributed by atoms with E-state index in [0.29, 0.717) is 5.56 Å². The lowest BCUT2D eigenvalue weighted by atomic mass is 9.97. The molecule has 0 saturated carbocycles. The van der Waals surface area contributed by atoms with Gasteiger partial charge >= 0.3 is 0 Å². The maximum Gasteiger partial charge on any atom is 0.0999 e. The molecular formula is C30H19N3. The van der Waals surface area contributed by atoms with Crippen molar-refractivity contribution in [3.05, 3.63) is 121 Å². The predicted molar refractivity (Wildman–Crippen MR) is 134 cm³/mol. The highest BCUT2D eigenvalue weighted by molar-refractivity contribution is 6.09. The molecule has 0 atom stereocenters. The van der Waals surface area contributed by atoms with Crippen LogP contribution in [0.2, 0.25) is 0 Å². The van der Waals surface area contributed by atoms with Crippen LogP contribution in [0.1, 0.15) is 5.56 Å². The van der Waals surface area contributed by atoms with E-state index >= 15 is 0 Å². The topological polar surface area (TPSA) is 41.6 Å². The molecule has 33 heavy (non-hydrogen) atoms. The zero-order valence-corrected chi connectivity index (χ0v) is 17.8. The van der Waals surface area contributed by atoms with Gasteiger partial charge in [0.2, 0.25) is 0 Å². The summed E-state index contributed by atoms with van der Waals surface area (Å²) in [7, 11) is 0. The molecule has 0 aliphatic carbocycles. The molecule has 6 aromatic rings. The van der Waals surface area contributed by atoms with Crippen LogP contribution in [0.15, 0.2) is 116 Å². The van der Waals surface area contributed by atoms with Crippen LogP contribution < -0.4 is 0 Å². The second-order valence-corrected chi connectivity index (χ2v) is 8.03. The van der Waals surface area contributed by atoms with Crippen molar-refractivity contribution < 1.29 is 0 Å². The van der Waals surface area contributed by atoms with Gasteiger partial charge in [0.1, 0.15) is 0 Å². The molecule has 6 rings (SSSR count). The van der Waals surface area contributed by atoms with Crippen molar-refractivity contribution in [2.75, 3.05) is 0 Å². The predicted octanol–water partition coefficient (Wildman–Crippen LogP) is 7.38. The van der Waals surface area contributed by atoms with Crippen LogP contribution in [0.5, 0.6) is 0 Å². The summed E-state index contributed by atoms with van der Waals surface area (Å²) in [5, 5.41) is 12.0. The van der Waals surface area contributed by atoms with Gasteiger partial charge in [-0.3, -0.25) is 4.98 Å². The Balaban J connectivity index is 1.52. The van der Waals surface area contributed by atoms with Gasteiger partial charge in [-0.15, -0.1) is 0 Å². The number of aromatic nitrogens is 2. The van der Waals surface area contributed by atoms with Crippen molar-refractivity contribution in [3.63, 3.8) is 0 Å². The van der Waals surface area contributed by atoms with Gasteiger partial charge < -0.3 is 4.57 Å². The largest absolute Gasteiger partial charge is 0.309 e. The Morgan fingerprint density at radius 1 is 0.636 bits per heavy atom. The van der Waals surface area contributed by atoms with Gasteiger partial charge in [0.25, 0.3) is 0 Å². The fourth-order valence-corrected chi connectivity index (χ4v) is 4.61. The molecule has 154 valence electrons. The van der Waals surface area contributed by atoms with E-state index in [1.165, 1.54) is 21.8 Å². The maximum absolute atomic E-state index is 9.50. The molecule has 3 nitrogen and oxygen atoms in total. The number of hydrogen-bond acceptors (Lipinski definition) is 2. The quantitative estimate of drug-likeness (QED) is 0.299. The molecular weight excluding hydrogens is 402 g/mol. The molecule has 0 N–H and O–H groups in total. The van der Waals surface area contributed by atoms with Gasteiger partial charge in [0.15, 0.2) is 0 Å². The standard InChI is InChI=1S/C30H19N3/c31-19-24-15-16-32-20-28(24)23-9-5-7-21(17-23)22-8-6-10-25(18-22)33-29-13-3-1-11-26(29)27-12-2-4-14-30(27)33/h1-18,20H. The summed E-state index contributed by atoms with van der Waals surface area (Å²) in [5.74, 6) is 0. The number of nitriles is 1. The minimum Gasteiger partial charge on any atom is -0.309 e. The first-order valence-corrected chi connectivity index (χ1v) is 10.9. The van der Waals surface area contributed by atoms with Gasteiger partial charge in [0.05, 0.1) is 22.7 Å². The van der Waals surface area contributed by atoms with Crippen LogP contribution in [0.3, 0.4) is 0 Å². The molecule has 0 saturated heterocycles. The van der Waals surface area contributed by atoms with Gasteiger partial charge in [-0.05, 0) is 53.1 Å². The van der Waals surface area contributed by atoms with Crippen LogP contribution in [0.25, 0.3) is 49.7 Å². The van der Waals surface area contributed by atoms with Crippen LogP contribution in [-0.4, -0.2) is 9.55 Å². The van der Waals surface area contributed by atoms with Crippen molar-refractivity contribution in [3.8, 4) is 34.0 Å². The number of fused-ring (bicyclic) bond motifs is 3. The number of rotatable bonds is 3. The zero-order valence-electron chi connectivity index (χ0n) is 17.8. The van der Waals surface area contributed by atoms with E-state index in [4.69, 9.17) is 0 Å². The fraction of sp³-hybridized carbons (Fsp3) is 0. The Hall–Kier alpha value is -4.68. The van der Waals surface area contributed by atoms with E-state index in [-0.39, 0.29) is 0 Å². The van der Waals surface area contributed by atoms with Crippen LogP contribution >= 0.6 is 0 Å². The Morgan fingerprint density at radius 2 is 1.27 bits per heavy atom. The molecule has 4 aromatic carbocycles. The van der Waals surface area contributed by atoms with Crippen molar-refractivity contribution >= 4 is 21.8 Å². The number of pyridine rings is 1. The second kappa shape index (κ2) is 7.78. The normalized spacial score (nSPS) is 11.0. The molecule has 0 unspecified atom stereocenters. The molecule has 0 fully saturated rings. The number of hydrogen-bond donors (Lipinski definition) is 0. The first kappa shape index (κ1) is 19.0. The van der Waals surface area contributed by atoms with E-state index in [9.17, 15) is 5.26 Å². The van der Waals surface area contributed by atoms with Crippen molar-refractivity contribution in [2.45, 2.75) is 0 Å². The minimum atomic E-state index is 0.626. The summed E-state index contributed by atoms with van der Waals surface area (Å²) < 4.78 is 2.33. The molecule has 0 radical (unpaired) electrons. The lowest BCUT2D eigenvalue weighted by Gasteiger charge is -2.11. The second-order valence-electron chi connectivity index (χ2n) is 8.03. The SMILES string of the molecule is N#Cc1ccncc1-c1cccc(-c2cccc(-n3c4ccccc4c4ccccc43)c2)c1. The lowest BCUT2D eigenvalue weighted by molar-refractivity contribution is 1.18. The fourth-order valence-electron chi connectivity index (χ4n) is 4.61. The molecule has 0 bridgehead atoms. The van der Waals surface area contributed by atoms with Crippen molar-refractivity contribution in [2.24, 2.45) is 0 Å². The van der Waals surface area contributed by atoms with E-state index in [2.05, 4.69) is 101 Å². The molecule has 2 heterocycles. The van der Waals surface area contributed by atoms with E-state index in [0.717, 1.165) is 27.9 Å². The zero-order chi connectivity index (χ0) is 22.2. The Morgan fingerprint density at radius 3 is 2.00 bits per heavy atom. The number of benzene rings is 4. The number of nitrogens with zero attached hydrogens (tertiary/aromatic N) is 3. The van der Waals surface area contributed by atoms with E-state index in [1.54, 1.807) is 18.5 Å². The van der Waals surface area contributed by atoms with Crippen molar-refractivity contribution in [1.29, 1.82) is 5.26 Å². The first-order chi connectivity index (χ1) is 16.3. The van der Waals surface area contributed by atoms with Gasteiger partial charge in [-0.1, -0.05) is 66.7 Å². The summed E-state index contributed by atoms with van der Waals surface area (Å²) in [6.07, 6.45) is 3.41. The van der Waals surface area contributed by atoms with Crippen LogP contribution in [-0.2, 0) is 0 Å². The molecule has 3 heteroatoms. The third-order valence-electron chi connectivity index (χ3n) is 6.13. The van der Waals surface area contributed by atoms with Crippen molar-refractivity contribution in [1.82, 2.24) is 9.55 Å². The maximum atomic E-state index is 9.50. The monoisotopic (exact) mass is 421 g/mol. The van der Waals surface area contributed by atoms with Crippen LogP contribution in [0.4, 0.5) is 0 Å². The third-order valence-corrected chi connectivity index (χ3v) is 6.13. The van der Waals surface area contributed by atoms with E-state index in [1.807, 2.05) is 12.1 Å². The highest BCUT2D eigenvalue weighted by atomic mass is 15.0.